The van der Waals surface area contributed by atoms with Gasteiger partial charge in [0.05, 0.1) is 34.4 Å². The van der Waals surface area contributed by atoms with Crippen LogP contribution in [0, 0.1) is 20.8 Å². The molecular formula is C26H29N5O2. The number of aryl methyl sites for hydroxylation is 3. The molecule has 0 saturated carbocycles. The van der Waals surface area contributed by atoms with Crippen LogP contribution in [0.2, 0.25) is 0 Å². The van der Waals surface area contributed by atoms with Gasteiger partial charge in [-0.05, 0) is 57.4 Å². The third kappa shape index (κ3) is 4.58. The zero-order valence-corrected chi connectivity index (χ0v) is 19.6. The average Bonchev–Trinajstić information content (AvgIpc) is 3.09. The normalized spacial score (nSPS) is 11.2. The van der Waals surface area contributed by atoms with Crippen molar-refractivity contribution in [2.24, 2.45) is 0 Å². The number of fused-ring (bicyclic) bond motifs is 1. The van der Waals surface area contributed by atoms with Crippen molar-refractivity contribution in [3.05, 3.63) is 92.8 Å². The number of carbonyl (C=O) groups is 1. The van der Waals surface area contributed by atoms with E-state index in [2.05, 4.69) is 29.2 Å². The molecule has 0 aliphatic carbocycles. The van der Waals surface area contributed by atoms with Crippen LogP contribution in [-0.2, 0) is 19.5 Å². The molecular weight excluding hydrogens is 414 g/mol. The van der Waals surface area contributed by atoms with Crippen LogP contribution in [0.5, 0.6) is 0 Å². The van der Waals surface area contributed by atoms with Crippen molar-refractivity contribution in [1.29, 1.82) is 0 Å². The third-order valence-electron chi connectivity index (χ3n) is 6.08. The topological polar surface area (TPSA) is 81.8 Å². The number of amides is 1. The highest BCUT2D eigenvalue weighted by Crippen LogP contribution is 2.16. The third-order valence-corrected chi connectivity index (χ3v) is 6.08. The van der Waals surface area contributed by atoms with E-state index in [1.807, 2.05) is 48.0 Å². The maximum atomic E-state index is 13.1. The Hall–Kier alpha value is -3.74. The Labute approximate surface area is 193 Å². The van der Waals surface area contributed by atoms with E-state index in [4.69, 9.17) is 0 Å². The molecule has 0 spiro atoms. The van der Waals surface area contributed by atoms with Crippen molar-refractivity contribution in [1.82, 2.24) is 24.6 Å². The van der Waals surface area contributed by atoms with Gasteiger partial charge in [-0.15, -0.1) is 0 Å². The van der Waals surface area contributed by atoms with Gasteiger partial charge in [0.1, 0.15) is 0 Å². The molecule has 170 valence electrons. The fourth-order valence-corrected chi connectivity index (χ4v) is 4.24. The molecule has 3 heterocycles. The van der Waals surface area contributed by atoms with E-state index < -0.39 is 0 Å². The molecule has 0 fully saturated rings. The predicted molar refractivity (Wildman–Crippen MR) is 130 cm³/mol. The quantitative estimate of drug-likeness (QED) is 0.474. The number of nitrogens with zero attached hydrogens (tertiary/aromatic N) is 4. The summed E-state index contributed by atoms with van der Waals surface area (Å²) >= 11 is 0. The van der Waals surface area contributed by atoms with Gasteiger partial charge < -0.3 is 9.88 Å². The van der Waals surface area contributed by atoms with E-state index >= 15 is 0 Å². The molecule has 1 aromatic carbocycles. The van der Waals surface area contributed by atoms with Gasteiger partial charge in [-0.25, -0.2) is 0 Å². The number of aromatic nitrogens is 4. The van der Waals surface area contributed by atoms with Crippen LogP contribution in [-0.4, -0.2) is 31.8 Å². The smallest absolute Gasteiger partial charge is 0.260 e. The fourth-order valence-electron chi connectivity index (χ4n) is 4.24. The fraction of sp³-hybridized carbons (Fsp3) is 0.308. The minimum absolute atomic E-state index is 0.156. The molecule has 4 aromatic rings. The Morgan fingerprint density at radius 2 is 1.82 bits per heavy atom. The molecule has 7 heteroatoms. The van der Waals surface area contributed by atoms with Gasteiger partial charge in [-0.1, -0.05) is 30.3 Å². The van der Waals surface area contributed by atoms with Gasteiger partial charge in [0.15, 0.2) is 0 Å². The van der Waals surface area contributed by atoms with Crippen molar-refractivity contribution in [2.75, 3.05) is 6.54 Å². The lowest BCUT2D eigenvalue weighted by Gasteiger charge is -2.11. The first-order valence-electron chi connectivity index (χ1n) is 11.2. The lowest BCUT2D eigenvalue weighted by atomic mass is 10.1. The van der Waals surface area contributed by atoms with E-state index in [1.165, 1.54) is 0 Å². The Morgan fingerprint density at radius 3 is 2.52 bits per heavy atom. The first-order chi connectivity index (χ1) is 15.9. The van der Waals surface area contributed by atoms with Crippen molar-refractivity contribution < 1.29 is 4.79 Å². The second-order valence-electron chi connectivity index (χ2n) is 8.26. The lowest BCUT2D eigenvalue weighted by Crippen LogP contribution is -2.27. The first kappa shape index (κ1) is 22.5. The number of pyridine rings is 2. The Kier molecular flexibility index (Phi) is 6.40. The molecule has 0 radical (unpaired) electrons. The SMILES string of the molecule is CCn1nc(C)c(CCNC(=O)c2cc3c(=O)n(Cc4ccccc4)ccc3nc2C)c1C. The molecule has 0 saturated heterocycles. The average molecular weight is 444 g/mol. The van der Waals surface area contributed by atoms with Crippen LogP contribution in [0.15, 0.2) is 53.5 Å². The van der Waals surface area contributed by atoms with Crippen molar-refractivity contribution >= 4 is 16.8 Å². The summed E-state index contributed by atoms with van der Waals surface area (Å²) in [6, 6.07) is 13.3. The summed E-state index contributed by atoms with van der Waals surface area (Å²) in [6.45, 7) is 9.68. The first-order valence-corrected chi connectivity index (χ1v) is 11.2. The minimum atomic E-state index is -0.224. The number of rotatable bonds is 7. The number of hydrogen-bond acceptors (Lipinski definition) is 4. The summed E-state index contributed by atoms with van der Waals surface area (Å²) in [5.41, 5.74) is 5.79. The molecule has 0 aliphatic heterocycles. The molecule has 3 aromatic heterocycles. The highest BCUT2D eigenvalue weighted by Gasteiger charge is 2.15. The Morgan fingerprint density at radius 1 is 1.06 bits per heavy atom. The number of benzene rings is 1. The summed E-state index contributed by atoms with van der Waals surface area (Å²) in [6.07, 6.45) is 2.46. The lowest BCUT2D eigenvalue weighted by molar-refractivity contribution is 0.0953. The zero-order chi connectivity index (χ0) is 23.5. The maximum absolute atomic E-state index is 13.1. The summed E-state index contributed by atoms with van der Waals surface area (Å²) in [5.74, 6) is -0.224. The van der Waals surface area contributed by atoms with Crippen LogP contribution < -0.4 is 10.9 Å². The second kappa shape index (κ2) is 9.40. The highest BCUT2D eigenvalue weighted by atomic mass is 16.1. The second-order valence-corrected chi connectivity index (χ2v) is 8.26. The summed E-state index contributed by atoms with van der Waals surface area (Å²) in [5, 5.41) is 7.97. The molecule has 0 unspecified atom stereocenters. The molecule has 0 aliphatic rings. The molecule has 7 nitrogen and oxygen atoms in total. The zero-order valence-electron chi connectivity index (χ0n) is 19.6. The molecule has 1 amide bonds. The van der Waals surface area contributed by atoms with Crippen molar-refractivity contribution in [3.8, 4) is 0 Å². The summed E-state index contributed by atoms with van der Waals surface area (Å²) < 4.78 is 3.62. The van der Waals surface area contributed by atoms with Gasteiger partial charge in [0, 0.05) is 25.0 Å². The maximum Gasteiger partial charge on any atom is 0.260 e. The number of hydrogen-bond donors (Lipinski definition) is 1. The van der Waals surface area contributed by atoms with Crippen LogP contribution in [0.4, 0.5) is 0 Å². The van der Waals surface area contributed by atoms with E-state index in [0.29, 0.717) is 41.7 Å². The van der Waals surface area contributed by atoms with Crippen LogP contribution >= 0.6 is 0 Å². The van der Waals surface area contributed by atoms with E-state index in [9.17, 15) is 9.59 Å². The monoisotopic (exact) mass is 443 g/mol. The van der Waals surface area contributed by atoms with Gasteiger partial charge in [-0.2, -0.15) is 5.10 Å². The van der Waals surface area contributed by atoms with E-state index in [-0.39, 0.29) is 11.5 Å². The Bertz CT molecular complexity index is 1370. The molecule has 0 atom stereocenters. The van der Waals surface area contributed by atoms with Gasteiger partial charge in [0.25, 0.3) is 11.5 Å². The molecule has 1 N–H and O–H groups in total. The van der Waals surface area contributed by atoms with Gasteiger partial charge in [0.2, 0.25) is 0 Å². The molecule has 33 heavy (non-hydrogen) atoms. The van der Waals surface area contributed by atoms with Crippen LogP contribution in [0.1, 0.15) is 45.5 Å². The van der Waals surface area contributed by atoms with Crippen molar-refractivity contribution in [3.63, 3.8) is 0 Å². The van der Waals surface area contributed by atoms with E-state index in [1.54, 1.807) is 23.8 Å². The Balaban J connectivity index is 1.55. The predicted octanol–water partition coefficient (Wildman–Crippen LogP) is 3.56. The molecule has 4 rings (SSSR count). The highest BCUT2D eigenvalue weighted by molar-refractivity contribution is 5.98. The van der Waals surface area contributed by atoms with Crippen molar-refractivity contribution in [2.45, 2.75) is 47.2 Å². The summed E-state index contributed by atoms with van der Waals surface area (Å²) in [4.78, 5) is 30.6. The van der Waals surface area contributed by atoms with Gasteiger partial charge >= 0.3 is 0 Å². The van der Waals surface area contributed by atoms with Gasteiger partial charge in [-0.3, -0.25) is 19.3 Å². The van der Waals surface area contributed by atoms with Crippen LogP contribution in [0.3, 0.4) is 0 Å². The number of carbonyl (C=O) groups excluding carboxylic acids is 1. The minimum Gasteiger partial charge on any atom is -0.352 e. The largest absolute Gasteiger partial charge is 0.352 e. The number of nitrogens with one attached hydrogen (secondary N) is 1. The summed E-state index contributed by atoms with van der Waals surface area (Å²) in [7, 11) is 0. The molecule has 0 bridgehead atoms. The van der Waals surface area contributed by atoms with E-state index in [0.717, 1.165) is 29.1 Å². The van der Waals surface area contributed by atoms with Crippen LogP contribution in [0.25, 0.3) is 10.9 Å². The standard InChI is InChI=1S/C26H29N5O2/c1-5-31-19(4)21(18(3)29-31)11-13-27-25(32)22-15-23-24(28-17(22)2)12-14-30(26(23)33)16-20-9-7-6-8-10-20/h6-10,12,14-15H,5,11,13,16H2,1-4H3,(H,27,32).